The second kappa shape index (κ2) is 11.5. The quantitative estimate of drug-likeness (QED) is 0.406. The molecule has 0 saturated carbocycles. The van der Waals surface area contributed by atoms with Gasteiger partial charge in [-0.3, -0.25) is 19.2 Å². The summed E-state index contributed by atoms with van der Waals surface area (Å²) >= 11 is 0. The predicted molar refractivity (Wildman–Crippen MR) is 110 cm³/mol. The molecule has 30 heavy (non-hydrogen) atoms. The van der Waals surface area contributed by atoms with Crippen molar-refractivity contribution in [1.29, 1.82) is 0 Å². The van der Waals surface area contributed by atoms with Crippen LogP contribution in [0.25, 0.3) is 0 Å². The molecule has 2 rings (SSSR count). The maximum atomic E-state index is 12.5. The minimum absolute atomic E-state index is 0.0363. The molecule has 1 aliphatic heterocycles. The highest BCUT2D eigenvalue weighted by Gasteiger charge is 2.40. The topological polar surface area (TPSA) is 90.0 Å². The Morgan fingerprint density at radius 1 is 1.10 bits per heavy atom. The number of ether oxygens (including phenoxy) is 2. The molecule has 0 aliphatic carbocycles. The number of carbonyl (C=O) groups is 4. The first-order valence-electron chi connectivity index (χ1n) is 10.5. The van der Waals surface area contributed by atoms with Gasteiger partial charge < -0.3 is 14.4 Å². The SMILES string of the molecule is CCOC(=O)CC(C[C@@H]1CCC(=O)N1Cc1ccccc1)C(C(C)=O)C(=O)OCC. The molecule has 1 saturated heterocycles. The molecule has 1 amide bonds. The Labute approximate surface area is 177 Å². The van der Waals surface area contributed by atoms with Gasteiger partial charge in [0.1, 0.15) is 11.7 Å². The van der Waals surface area contributed by atoms with Crippen molar-refractivity contribution < 1.29 is 28.7 Å². The average Bonchev–Trinajstić information content (AvgIpc) is 3.02. The van der Waals surface area contributed by atoms with E-state index >= 15 is 0 Å². The minimum Gasteiger partial charge on any atom is -0.466 e. The van der Waals surface area contributed by atoms with E-state index in [1.54, 1.807) is 18.7 Å². The monoisotopic (exact) mass is 417 g/mol. The smallest absolute Gasteiger partial charge is 0.316 e. The molecule has 1 fully saturated rings. The number of amides is 1. The molecule has 0 spiro atoms. The molecule has 7 nitrogen and oxygen atoms in total. The van der Waals surface area contributed by atoms with Crippen molar-refractivity contribution in [2.45, 2.75) is 59.0 Å². The summed E-state index contributed by atoms with van der Waals surface area (Å²) in [7, 11) is 0. The Morgan fingerprint density at radius 3 is 2.37 bits per heavy atom. The molecule has 3 atom stereocenters. The van der Waals surface area contributed by atoms with Gasteiger partial charge in [0, 0.05) is 25.4 Å². The van der Waals surface area contributed by atoms with Crippen molar-refractivity contribution in [1.82, 2.24) is 4.90 Å². The molecule has 0 bridgehead atoms. The lowest BCUT2D eigenvalue weighted by Gasteiger charge is -2.30. The summed E-state index contributed by atoms with van der Waals surface area (Å²) in [6, 6.07) is 9.50. The first-order chi connectivity index (χ1) is 14.4. The normalized spacial score (nSPS) is 18.0. The van der Waals surface area contributed by atoms with Gasteiger partial charge >= 0.3 is 11.9 Å². The Morgan fingerprint density at radius 2 is 1.77 bits per heavy atom. The van der Waals surface area contributed by atoms with Crippen LogP contribution in [-0.2, 0) is 35.2 Å². The maximum Gasteiger partial charge on any atom is 0.316 e. The number of rotatable bonds is 11. The zero-order valence-corrected chi connectivity index (χ0v) is 18.0. The van der Waals surface area contributed by atoms with E-state index < -0.39 is 23.8 Å². The van der Waals surface area contributed by atoms with E-state index in [-0.39, 0.29) is 37.4 Å². The summed E-state index contributed by atoms with van der Waals surface area (Å²) < 4.78 is 10.2. The van der Waals surface area contributed by atoms with Gasteiger partial charge in [-0.05, 0) is 45.1 Å². The molecule has 0 aromatic heterocycles. The van der Waals surface area contributed by atoms with Crippen LogP contribution in [0.2, 0.25) is 0 Å². The fourth-order valence-electron chi connectivity index (χ4n) is 4.08. The highest BCUT2D eigenvalue weighted by molar-refractivity contribution is 5.98. The molecule has 164 valence electrons. The summed E-state index contributed by atoms with van der Waals surface area (Å²) in [6.07, 6.45) is 1.33. The van der Waals surface area contributed by atoms with Crippen LogP contribution in [0.15, 0.2) is 30.3 Å². The van der Waals surface area contributed by atoms with Crippen molar-refractivity contribution in [3.8, 4) is 0 Å². The fraction of sp³-hybridized carbons (Fsp3) is 0.565. The third-order valence-electron chi connectivity index (χ3n) is 5.41. The number of benzene rings is 1. The molecule has 7 heteroatoms. The summed E-state index contributed by atoms with van der Waals surface area (Å²) in [5.74, 6) is -3.04. The number of hydrogen-bond acceptors (Lipinski definition) is 6. The number of carbonyl (C=O) groups excluding carboxylic acids is 4. The molecule has 1 aromatic carbocycles. The lowest BCUT2D eigenvalue weighted by atomic mass is 9.81. The highest BCUT2D eigenvalue weighted by Crippen LogP contribution is 2.32. The number of ketones is 1. The molecular formula is C23H31NO6. The van der Waals surface area contributed by atoms with E-state index in [0.29, 0.717) is 25.8 Å². The number of nitrogens with zero attached hydrogens (tertiary/aromatic N) is 1. The zero-order chi connectivity index (χ0) is 22.1. The number of esters is 2. The van der Waals surface area contributed by atoms with E-state index in [0.717, 1.165) is 5.56 Å². The molecular weight excluding hydrogens is 386 g/mol. The fourth-order valence-corrected chi connectivity index (χ4v) is 4.08. The largest absolute Gasteiger partial charge is 0.466 e. The molecule has 1 heterocycles. The minimum atomic E-state index is -1.05. The Bertz CT molecular complexity index is 747. The lowest BCUT2D eigenvalue weighted by molar-refractivity contribution is -0.155. The van der Waals surface area contributed by atoms with Crippen LogP contribution in [0.3, 0.4) is 0 Å². The summed E-state index contributed by atoms with van der Waals surface area (Å²) in [5.41, 5.74) is 1.01. The maximum absolute atomic E-state index is 12.5. The third-order valence-corrected chi connectivity index (χ3v) is 5.41. The van der Waals surface area contributed by atoms with Gasteiger partial charge in [-0.25, -0.2) is 0 Å². The van der Waals surface area contributed by atoms with Gasteiger partial charge in [0.2, 0.25) is 5.91 Å². The summed E-state index contributed by atoms with van der Waals surface area (Å²) in [4.78, 5) is 51.3. The van der Waals surface area contributed by atoms with Crippen LogP contribution in [0.1, 0.15) is 52.0 Å². The van der Waals surface area contributed by atoms with E-state index in [4.69, 9.17) is 9.47 Å². The van der Waals surface area contributed by atoms with E-state index in [2.05, 4.69) is 0 Å². The zero-order valence-electron chi connectivity index (χ0n) is 18.0. The lowest BCUT2D eigenvalue weighted by Crippen LogP contribution is -2.39. The molecule has 0 N–H and O–H groups in total. The van der Waals surface area contributed by atoms with Crippen LogP contribution in [0, 0.1) is 11.8 Å². The van der Waals surface area contributed by atoms with E-state index in [1.165, 1.54) is 6.92 Å². The van der Waals surface area contributed by atoms with Gasteiger partial charge in [0.15, 0.2) is 0 Å². The highest BCUT2D eigenvalue weighted by atomic mass is 16.5. The number of likely N-dealkylation sites (tertiary alicyclic amines) is 1. The van der Waals surface area contributed by atoms with Crippen molar-refractivity contribution in [3.05, 3.63) is 35.9 Å². The average molecular weight is 418 g/mol. The number of hydrogen-bond donors (Lipinski definition) is 0. The third kappa shape index (κ3) is 6.40. The Hall–Kier alpha value is -2.70. The molecule has 1 aromatic rings. The van der Waals surface area contributed by atoms with Gasteiger partial charge in [0.25, 0.3) is 0 Å². The van der Waals surface area contributed by atoms with Crippen molar-refractivity contribution in [2.75, 3.05) is 13.2 Å². The van der Waals surface area contributed by atoms with Crippen molar-refractivity contribution in [3.63, 3.8) is 0 Å². The van der Waals surface area contributed by atoms with Gasteiger partial charge in [-0.15, -0.1) is 0 Å². The summed E-state index contributed by atoms with van der Waals surface area (Å²) in [6.45, 7) is 5.54. The first-order valence-corrected chi connectivity index (χ1v) is 10.5. The predicted octanol–water partition coefficient (Wildman–Crippen LogP) is 2.91. The van der Waals surface area contributed by atoms with Crippen molar-refractivity contribution >= 4 is 23.6 Å². The van der Waals surface area contributed by atoms with Gasteiger partial charge in [-0.2, -0.15) is 0 Å². The molecule has 0 radical (unpaired) electrons. The molecule has 2 unspecified atom stereocenters. The van der Waals surface area contributed by atoms with Crippen LogP contribution in [-0.4, -0.2) is 47.8 Å². The Kier molecular flexibility index (Phi) is 9.02. The molecule has 1 aliphatic rings. The van der Waals surface area contributed by atoms with Gasteiger partial charge in [-0.1, -0.05) is 30.3 Å². The van der Waals surface area contributed by atoms with Crippen LogP contribution < -0.4 is 0 Å². The summed E-state index contributed by atoms with van der Waals surface area (Å²) in [5, 5.41) is 0. The standard InChI is InChI=1S/C23H31NO6/c1-4-29-21(27)14-18(22(16(3)25)23(28)30-5-2)13-19-11-12-20(26)24(19)15-17-9-7-6-8-10-17/h6-10,18-19,22H,4-5,11-15H2,1-3H3/t18?,19-,22?/m0/s1. The van der Waals surface area contributed by atoms with E-state index in [1.807, 2.05) is 30.3 Å². The first kappa shape index (κ1) is 23.6. The number of Topliss-reactive ketones (excluding diaryl/α,β-unsaturated/α-hetero) is 1. The van der Waals surface area contributed by atoms with Crippen LogP contribution in [0.4, 0.5) is 0 Å². The second-order valence-corrected chi connectivity index (χ2v) is 7.55. The Balaban J connectivity index is 2.23. The van der Waals surface area contributed by atoms with Gasteiger partial charge in [0.05, 0.1) is 13.2 Å². The van der Waals surface area contributed by atoms with Crippen molar-refractivity contribution in [2.24, 2.45) is 11.8 Å². The second-order valence-electron chi connectivity index (χ2n) is 7.55. The van der Waals surface area contributed by atoms with Crippen LogP contribution >= 0.6 is 0 Å². The van der Waals surface area contributed by atoms with Crippen LogP contribution in [0.5, 0.6) is 0 Å². The van der Waals surface area contributed by atoms with E-state index in [9.17, 15) is 19.2 Å².